The quantitative estimate of drug-likeness (QED) is 0.641. The lowest BCUT2D eigenvalue weighted by Gasteiger charge is -2.13. The van der Waals surface area contributed by atoms with Gasteiger partial charge in [0.15, 0.2) is 0 Å². The molecule has 0 N–H and O–H groups in total. The van der Waals surface area contributed by atoms with Crippen molar-refractivity contribution in [2.75, 3.05) is 0 Å². The van der Waals surface area contributed by atoms with Gasteiger partial charge in [-0.25, -0.2) is 0 Å². The Balaban J connectivity index is 3.08. The molecule has 0 amide bonds. The molecular formula is C10H18OSi. The summed E-state index contributed by atoms with van der Waals surface area (Å²) in [7, 11) is -1.17. The van der Waals surface area contributed by atoms with Crippen molar-refractivity contribution in [1.29, 1.82) is 0 Å². The SMILES string of the molecule is CCc1cc([Si](C)(C)C)c(C)o1. The van der Waals surface area contributed by atoms with Crippen molar-refractivity contribution in [3.63, 3.8) is 0 Å². The first-order valence-electron chi connectivity index (χ1n) is 4.55. The number of furan rings is 1. The summed E-state index contributed by atoms with van der Waals surface area (Å²) < 4.78 is 5.63. The fraction of sp³-hybridized carbons (Fsp3) is 0.600. The third kappa shape index (κ3) is 1.80. The van der Waals surface area contributed by atoms with Crippen LogP contribution >= 0.6 is 0 Å². The lowest BCUT2D eigenvalue weighted by atomic mass is 10.4. The Labute approximate surface area is 75.8 Å². The molecule has 12 heavy (non-hydrogen) atoms. The van der Waals surface area contributed by atoms with Gasteiger partial charge in [-0.05, 0) is 18.2 Å². The van der Waals surface area contributed by atoms with Gasteiger partial charge < -0.3 is 4.42 Å². The van der Waals surface area contributed by atoms with Crippen molar-refractivity contribution in [1.82, 2.24) is 0 Å². The molecule has 0 atom stereocenters. The lowest BCUT2D eigenvalue weighted by Crippen LogP contribution is -2.38. The molecule has 0 aliphatic rings. The summed E-state index contributed by atoms with van der Waals surface area (Å²) in [6, 6.07) is 2.24. The molecule has 1 rings (SSSR count). The van der Waals surface area contributed by atoms with Crippen molar-refractivity contribution in [2.24, 2.45) is 0 Å². The number of hydrogen-bond acceptors (Lipinski definition) is 1. The van der Waals surface area contributed by atoms with Crippen molar-refractivity contribution in [3.05, 3.63) is 17.6 Å². The van der Waals surface area contributed by atoms with Gasteiger partial charge in [-0.15, -0.1) is 0 Å². The summed E-state index contributed by atoms with van der Waals surface area (Å²) in [5, 5.41) is 1.47. The second-order valence-electron chi connectivity index (χ2n) is 4.29. The predicted octanol–water partition coefficient (Wildman–Crippen LogP) is 2.70. The molecule has 0 spiro atoms. The maximum absolute atomic E-state index is 5.63. The summed E-state index contributed by atoms with van der Waals surface area (Å²) in [4.78, 5) is 0. The zero-order chi connectivity index (χ0) is 9.35. The molecule has 0 aliphatic heterocycles. The molecule has 0 aromatic carbocycles. The lowest BCUT2D eigenvalue weighted by molar-refractivity contribution is 0.490. The second-order valence-corrected chi connectivity index (χ2v) is 9.32. The van der Waals surface area contributed by atoms with Crippen LogP contribution in [0.25, 0.3) is 0 Å². The van der Waals surface area contributed by atoms with Crippen LogP contribution in [0.15, 0.2) is 10.5 Å². The Morgan fingerprint density at radius 2 is 1.92 bits per heavy atom. The van der Waals surface area contributed by atoms with E-state index in [1.54, 1.807) is 0 Å². The first kappa shape index (κ1) is 9.58. The standard InChI is InChI=1S/C10H18OSi/c1-6-9-7-10(8(2)11-9)12(3,4)5/h7H,6H2,1-5H3. The van der Waals surface area contributed by atoms with E-state index in [0.717, 1.165) is 17.9 Å². The minimum absolute atomic E-state index is 1.01. The molecule has 0 radical (unpaired) electrons. The van der Waals surface area contributed by atoms with Gasteiger partial charge in [0, 0.05) is 6.42 Å². The van der Waals surface area contributed by atoms with E-state index in [-0.39, 0.29) is 0 Å². The van der Waals surface area contributed by atoms with E-state index in [0.29, 0.717) is 0 Å². The van der Waals surface area contributed by atoms with Crippen LogP contribution in [0.5, 0.6) is 0 Å². The molecule has 0 aliphatic carbocycles. The summed E-state index contributed by atoms with van der Waals surface area (Å²) in [6.07, 6.45) is 1.01. The van der Waals surface area contributed by atoms with Crippen molar-refractivity contribution in [3.8, 4) is 0 Å². The molecule has 2 heteroatoms. The van der Waals surface area contributed by atoms with Crippen molar-refractivity contribution >= 4 is 13.3 Å². The summed E-state index contributed by atoms with van der Waals surface area (Å²) >= 11 is 0. The number of aryl methyl sites for hydroxylation is 2. The van der Waals surface area contributed by atoms with E-state index in [1.165, 1.54) is 5.19 Å². The van der Waals surface area contributed by atoms with Crippen LogP contribution in [0.4, 0.5) is 0 Å². The van der Waals surface area contributed by atoms with Gasteiger partial charge in [0.05, 0.1) is 13.8 Å². The zero-order valence-corrected chi connectivity index (χ0v) is 9.69. The van der Waals surface area contributed by atoms with Crippen molar-refractivity contribution in [2.45, 2.75) is 39.9 Å². The zero-order valence-electron chi connectivity index (χ0n) is 8.69. The van der Waals surface area contributed by atoms with Gasteiger partial charge in [-0.3, -0.25) is 0 Å². The van der Waals surface area contributed by atoms with Crippen LogP contribution in [-0.4, -0.2) is 8.07 Å². The third-order valence-corrected chi connectivity index (χ3v) is 4.24. The van der Waals surface area contributed by atoms with E-state index >= 15 is 0 Å². The first-order valence-corrected chi connectivity index (χ1v) is 8.05. The second kappa shape index (κ2) is 3.09. The summed E-state index contributed by atoms with van der Waals surface area (Å²) in [5.41, 5.74) is 0. The van der Waals surface area contributed by atoms with Crippen LogP contribution in [-0.2, 0) is 6.42 Å². The van der Waals surface area contributed by atoms with Crippen LogP contribution in [0.2, 0.25) is 19.6 Å². The molecule has 0 unspecified atom stereocenters. The van der Waals surface area contributed by atoms with Gasteiger partial charge in [-0.2, -0.15) is 0 Å². The minimum Gasteiger partial charge on any atom is -0.467 e. The number of rotatable bonds is 2. The van der Waals surface area contributed by atoms with Gasteiger partial charge >= 0.3 is 0 Å². The molecule has 0 saturated carbocycles. The highest BCUT2D eigenvalue weighted by Gasteiger charge is 2.21. The average Bonchev–Trinajstić information content (AvgIpc) is 2.29. The Morgan fingerprint density at radius 1 is 1.33 bits per heavy atom. The van der Waals surface area contributed by atoms with E-state index in [9.17, 15) is 0 Å². The third-order valence-electron chi connectivity index (χ3n) is 2.13. The van der Waals surface area contributed by atoms with Crippen molar-refractivity contribution < 1.29 is 4.42 Å². The topological polar surface area (TPSA) is 13.1 Å². The molecule has 68 valence electrons. The molecule has 0 bridgehead atoms. The normalized spacial score (nSPS) is 12.1. The summed E-state index contributed by atoms with van der Waals surface area (Å²) in [6.45, 7) is 11.3. The maximum atomic E-state index is 5.63. The Hall–Kier alpha value is -0.503. The minimum atomic E-state index is -1.17. The molecule has 1 aromatic heterocycles. The Morgan fingerprint density at radius 3 is 2.17 bits per heavy atom. The first-order chi connectivity index (χ1) is 5.45. The molecule has 0 saturated heterocycles. The van der Waals surface area contributed by atoms with Crippen LogP contribution < -0.4 is 5.19 Å². The molecule has 0 fully saturated rings. The van der Waals surface area contributed by atoms with Crippen LogP contribution in [0, 0.1) is 6.92 Å². The Kier molecular flexibility index (Phi) is 2.47. The summed E-state index contributed by atoms with van der Waals surface area (Å²) in [5.74, 6) is 2.26. The maximum Gasteiger partial charge on any atom is 0.103 e. The largest absolute Gasteiger partial charge is 0.467 e. The highest BCUT2D eigenvalue weighted by Crippen LogP contribution is 2.11. The smallest absolute Gasteiger partial charge is 0.103 e. The Bertz CT molecular complexity index is 268. The van der Waals surface area contributed by atoms with E-state index in [4.69, 9.17) is 4.42 Å². The van der Waals surface area contributed by atoms with Crippen LogP contribution in [0.1, 0.15) is 18.4 Å². The fourth-order valence-corrected chi connectivity index (χ4v) is 3.16. The van der Waals surface area contributed by atoms with E-state index in [2.05, 4.69) is 39.6 Å². The highest BCUT2D eigenvalue weighted by atomic mass is 28.3. The van der Waals surface area contributed by atoms with Gasteiger partial charge in [-0.1, -0.05) is 26.6 Å². The molecular weight excluding hydrogens is 164 g/mol. The molecule has 1 heterocycles. The van der Waals surface area contributed by atoms with Gasteiger partial charge in [0.25, 0.3) is 0 Å². The van der Waals surface area contributed by atoms with E-state index < -0.39 is 8.07 Å². The van der Waals surface area contributed by atoms with Gasteiger partial charge in [0.1, 0.15) is 5.76 Å². The van der Waals surface area contributed by atoms with E-state index in [1.807, 2.05) is 0 Å². The average molecular weight is 182 g/mol. The van der Waals surface area contributed by atoms with Gasteiger partial charge in [0.2, 0.25) is 0 Å². The molecule has 1 nitrogen and oxygen atoms in total. The monoisotopic (exact) mass is 182 g/mol. The predicted molar refractivity (Wildman–Crippen MR) is 55.8 cm³/mol. The fourth-order valence-electron chi connectivity index (χ4n) is 1.46. The van der Waals surface area contributed by atoms with Crippen LogP contribution in [0.3, 0.4) is 0 Å². The highest BCUT2D eigenvalue weighted by molar-refractivity contribution is 6.89. The number of hydrogen-bond donors (Lipinski definition) is 0. The molecule has 1 aromatic rings.